The summed E-state index contributed by atoms with van der Waals surface area (Å²) in [6, 6.07) is 8.08. The zero-order valence-corrected chi connectivity index (χ0v) is 14.5. The second kappa shape index (κ2) is 8.68. The van der Waals surface area contributed by atoms with E-state index in [4.69, 9.17) is 9.47 Å². The number of pyridine rings is 1. The quantitative estimate of drug-likeness (QED) is 0.806. The van der Waals surface area contributed by atoms with Crippen LogP contribution in [0.1, 0.15) is 34.2 Å². The van der Waals surface area contributed by atoms with E-state index in [1.165, 1.54) is 26.5 Å². The number of methoxy groups -OCH3 is 2. The molecule has 0 aliphatic rings. The monoisotopic (exact) mass is 343 g/mol. The topological polar surface area (TPSA) is 89.6 Å². The normalized spacial score (nSPS) is 10.0. The lowest BCUT2D eigenvalue weighted by molar-refractivity contribution is 0.0953. The average molecular weight is 343 g/mol. The van der Waals surface area contributed by atoms with Crippen LogP contribution in [-0.2, 0) is 0 Å². The number of benzene rings is 1. The Morgan fingerprint density at radius 1 is 1.08 bits per heavy atom. The van der Waals surface area contributed by atoms with Crippen LogP contribution in [-0.4, -0.2) is 37.6 Å². The average Bonchev–Trinajstić information content (AvgIpc) is 2.66. The highest BCUT2D eigenvalue weighted by atomic mass is 16.5. The molecule has 1 heterocycles. The SMILES string of the molecule is CCCNC(=O)c1ccnc(C(=O)Nc2cc(OC)ccc2OC)c1. The highest BCUT2D eigenvalue weighted by Gasteiger charge is 2.14. The molecule has 25 heavy (non-hydrogen) atoms. The largest absolute Gasteiger partial charge is 0.497 e. The van der Waals surface area contributed by atoms with Gasteiger partial charge in [-0.1, -0.05) is 6.92 Å². The molecule has 2 rings (SSSR count). The van der Waals surface area contributed by atoms with E-state index in [9.17, 15) is 9.59 Å². The molecule has 0 saturated heterocycles. The Hall–Kier alpha value is -3.09. The van der Waals surface area contributed by atoms with Gasteiger partial charge in [-0.3, -0.25) is 14.6 Å². The fourth-order valence-corrected chi connectivity index (χ4v) is 2.13. The molecule has 0 fully saturated rings. The van der Waals surface area contributed by atoms with Gasteiger partial charge in [-0.05, 0) is 30.7 Å². The third kappa shape index (κ3) is 4.69. The Kier molecular flexibility index (Phi) is 6.33. The highest BCUT2D eigenvalue weighted by Crippen LogP contribution is 2.29. The molecule has 1 aromatic carbocycles. The van der Waals surface area contributed by atoms with Crippen LogP contribution in [0.25, 0.3) is 0 Å². The number of ether oxygens (including phenoxy) is 2. The van der Waals surface area contributed by atoms with Gasteiger partial charge in [-0.15, -0.1) is 0 Å². The number of anilines is 1. The van der Waals surface area contributed by atoms with Crippen molar-refractivity contribution in [3.63, 3.8) is 0 Å². The summed E-state index contributed by atoms with van der Waals surface area (Å²) in [6.45, 7) is 2.54. The first-order valence-electron chi connectivity index (χ1n) is 7.86. The molecule has 2 aromatic rings. The molecule has 132 valence electrons. The number of hydrogen-bond acceptors (Lipinski definition) is 5. The van der Waals surface area contributed by atoms with Crippen LogP contribution < -0.4 is 20.1 Å². The Morgan fingerprint density at radius 2 is 1.88 bits per heavy atom. The van der Waals surface area contributed by atoms with Crippen molar-refractivity contribution in [1.82, 2.24) is 10.3 Å². The number of hydrogen-bond donors (Lipinski definition) is 2. The molecule has 7 nitrogen and oxygen atoms in total. The molecule has 2 N–H and O–H groups in total. The van der Waals surface area contributed by atoms with Gasteiger partial charge in [-0.25, -0.2) is 0 Å². The predicted molar refractivity (Wildman–Crippen MR) is 94.4 cm³/mol. The maximum atomic E-state index is 12.5. The Balaban J connectivity index is 2.20. The molecule has 0 spiro atoms. The van der Waals surface area contributed by atoms with Crippen molar-refractivity contribution in [2.24, 2.45) is 0 Å². The first-order chi connectivity index (χ1) is 12.1. The van der Waals surface area contributed by atoms with Gasteiger partial charge in [0.05, 0.1) is 19.9 Å². The zero-order valence-electron chi connectivity index (χ0n) is 14.5. The van der Waals surface area contributed by atoms with Crippen molar-refractivity contribution >= 4 is 17.5 Å². The van der Waals surface area contributed by atoms with Gasteiger partial charge in [-0.2, -0.15) is 0 Å². The minimum Gasteiger partial charge on any atom is -0.497 e. The van der Waals surface area contributed by atoms with E-state index in [1.54, 1.807) is 24.3 Å². The Morgan fingerprint density at radius 3 is 2.56 bits per heavy atom. The van der Waals surface area contributed by atoms with Gasteiger partial charge >= 0.3 is 0 Å². The van der Waals surface area contributed by atoms with Gasteiger partial charge in [0.1, 0.15) is 17.2 Å². The van der Waals surface area contributed by atoms with Gasteiger partial charge in [0.15, 0.2) is 0 Å². The minimum atomic E-state index is -0.448. The predicted octanol–water partition coefficient (Wildman–Crippen LogP) is 2.49. The van der Waals surface area contributed by atoms with Crippen molar-refractivity contribution in [3.8, 4) is 11.5 Å². The molecule has 0 radical (unpaired) electrons. The van der Waals surface area contributed by atoms with E-state index in [1.807, 2.05) is 6.92 Å². The van der Waals surface area contributed by atoms with Gasteiger partial charge in [0, 0.05) is 24.4 Å². The van der Waals surface area contributed by atoms with Crippen LogP contribution in [0.5, 0.6) is 11.5 Å². The van der Waals surface area contributed by atoms with Crippen LogP contribution >= 0.6 is 0 Å². The summed E-state index contributed by atoms with van der Waals surface area (Å²) in [7, 11) is 3.04. The maximum absolute atomic E-state index is 12.5. The van der Waals surface area contributed by atoms with E-state index >= 15 is 0 Å². The molecular formula is C18H21N3O4. The summed E-state index contributed by atoms with van der Waals surface area (Å²) in [4.78, 5) is 28.5. The van der Waals surface area contributed by atoms with Gasteiger partial charge < -0.3 is 20.1 Å². The van der Waals surface area contributed by atoms with E-state index in [2.05, 4.69) is 15.6 Å². The lowest BCUT2D eigenvalue weighted by atomic mass is 10.2. The summed E-state index contributed by atoms with van der Waals surface area (Å²) in [6.07, 6.45) is 2.26. The molecule has 0 aliphatic heterocycles. The summed E-state index contributed by atoms with van der Waals surface area (Å²) in [5, 5.41) is 5.49. The van der Waals surface area contributed by atoms with Gasteiger partial charge in [0.25, 0.3) is 11.8 Å². The number of rotatable bonds is 7. The van der Waals surface area contributed by atoms with Crippen molar-refractivity contribution < 1.29 is 19.1 Å². The molecular weight excluding hydrogens is 322 g/mol. The number of aromatic nitrogens is 1. The lowest BCUT2D eigenvalue weighted by Crippen LogP contribution is -2.24. The van der Waals surface area contributed by atoms with Crippen LogP contribution in [0.3, 0.4) is 0 Å². The third-order valence-corrected chi connectivity index (χ3v) is 3.45. The standard InChI is InChI=1S/C18H21N3O4/c1-4-8-20-17(22)12-7-9-19-15(10-12)18(23)21-14-11-13(24-2)5-6-16(14)25-3/h5-7,9-11H,4,8H2,1-3H3,(H,20,22)(H,21,23). The Bertz CT molecular complexity index is 762. The van der Waals surface area contributed by atoms with E-state index < -0.39 is 5.91 Å². The molecule has 0 aliphatic carbocycles. The van der Waals surface area contributed by atoms with Crippen molar-refractivity contribution in [3.05, 3.63) is 47.8 Å². The molecule has 0 unspecified atom stereocenters. The van der Waals surface area contributed by atoms with Crippen molar-refractivity contribution in [1.29, 1.82) is 0 Å². The first-order valence-corrected chi connectivity index (χ1v) is 7.86. The van der Waals surface area contributed by atoms with E-state index in [0.717, 1.165) is 6.42 Å². The van der Waals surface area contributed by atoms with Crippen molar-refractivity contribution in [2.45, 2.75) is 13.3 Å². The van der Waals surface area contributed by atoms with E-state index in [0.29, 0.717) is 29.3 Å². The summed E-state index contributed by atoms with van der Waals surface area (Å²) < 4.78 is 10.4. The highest BCUT2D eigenvalue weighted by molar-refractivity contribution is 6.05. The molecule has 2 amide bonds. The van der Waals surface area contributed by atoms with E-state index in [-0.39, 0.29) is 11.6 Å². The second-order valence-corrected chi connectivity index (χ2v) is 5.21. The van der Waals surface area contributed by atoms with Crippen molar-refractivity contribution in [2.75, 3.05) is 26.1 Å². The summed E-state index contributed by atoms with van der Waals surface area (Å²) in [5.74, 6) is 0.386. The number of nitrogens with one attached hydrogen (secondary N) is 2. The number of carbonyl (C=O) groups excluding carboxylic acids is 2. The Labute approximate surface area is 146 Å². The zero-order chi connectivity index (χ0) is 18.2. The molecule has 1 aromatic heterocycles. The summed E-state index contributed by atoms with van der Waals surface area (Å²) in [5.41, 5.74) is 0.967. The molecule has 7 heteroatoms. The minimum absolute atomic E-state index is 0.133. The first kappa shape index (κ1) is 18.3. The van der Waals surface area contributed by atoms with Crippen LogP contribution in [0.2, 0.25) is 0 Å². The molecule has 0 bridgehead atoms. The molecule has 0 atom stereocenters. The van der Waals surface area contributed by atoms with Crippen LogP contribution in [0.15, 0.2) is 36.5 Å². The molecule has 0 saturated carbocycles. The fourth-order valence-electron chi connectivity index (χ4n) is 2.13. The van der Waals surface area contributed by atoms with Crippen LogP contribution in [0, 0.1) is 0 Å². The number of amides is 2. The fraction of sp³-hybridized carbons (Fsp3) is 0.278. The smallest absolute Gasteiger partial charge is 0.274 e. The maximum Gasteiger partial charge on any atom is 0.274 e. The van der Waals surface area contributed by atoms with Crippen LogP contribution in [0.4, 0.5) is 5.69 Å². The number of nitrogens with zero attached hydrogens (tertiary/aromatic N) is 1. The number of carbonyl (C=O) groups is 2. The lowest BCUT2D eigenvalue weighted by Gasteiger charge is -2.12. The van der Waals surface area contributed by atoms with Gasteiger partial charge in [0.2, 0.25) is 0 Å². The third-order valence-electron chi connectivity index (χ3n) is 3.45. The summed E-state index contributed by atoms with van der Waals surface area (Å²) >= 11 is 0. The second-order valence-electron chi connectivity index (χ2n) is 5.21.